The number of halogens is 1. The predicted octanol–water partition coefficient (Wildman–Crippen LogP) is 3.07. The Kier molecular flexibility index (Phi) is 3.96. The summed E-state index contributed by atoms with van der Waals surface area (Å²) in [4.78, 5) is 10.8. The van der Waals surface area contributed by atoms with Crippen LogP contribution in [0.2, 0.25) is 0 Å². The number of nitrogens with zero attached hydrogens (tertiary/aromatic N) is 1. The third-order valence-electron chi connectivity index (χ3n) is 2.74. The molecule has 0 aliphatic rings. The first kappa shape index (κ1) is 13.6. The molecule has 0 aromatic heterocycles. The number of carboxylic acid groups (broad SMARTS) is 1. The monoisotopic (exact) mass is 270 g/mol. The van der Waals surface area contributed by atoms with Crippen molar-refractivity contribution in [2.24, 2.45) is 0 Å². The zero-order chi connectivity index (χ0) is 14.5. The van der Waals surface area contributed by atoms with Gasteiger partial charge in [0.05, 0.1) is 18.1 Å². The second kappa shape index (κ2) is 5.85. The molecule has 2 aromatic carbocycles. The molecule has 2 rings (SSSR count). The van der Waals surface area contributed by atoms with Gasteiger partial charge in [-0.1, -0.05) is 6.07 Å². The molecule has 0 radical (unpaired) electrons. The average molecular weight is 270 g/mol. The van der Waals surface area contributed by atoms with Gasteiger partial charge in [-0.25, -0.2) is 4.39 Å². The van der Waals surface area contributed by atoms with Gasteiger partial charge in [-0.2, -0.15) is 5.26 Å². The van der Waals surface area contributed by atoms with E-state index in [9.17, 15) is 9.18 Å². The van der Waals surface area contributed by atoms with Crippen molar-refractivity contribution in [1.82, 2.24) is 0 Å². The number of aliphatic carboxylic acids is 1. The van der Waals surface area contributed by atoms with Crippen molar-refractivity contribution >= 4 is 17.3 Å². The lowest BCUT2D eigenvalue weighted by molar-refractivity contribution is -0.136. The van der Waals surface area contributed by atoms with Gasteiger partial charge in [0.2, 0.25) is 0 Å². The highest BCUT2D eigenvalue weighted by Crippen LogP contribution is 2.24. The molecule has 0 heterocycles. The van der Waals surface area contributed by atoms with Crippen LogP contribution in [0.15, 0.2) is 42.5 Å². The number of anilines is 2. The smallest absolute Gasteiger partial charge is 0.308 e. The standard InChI is InChI=1S/C15H11FN2O2/c16-13-2-1-3-14(12(13)8-15(19)20)18-11-6-4-10(9-17)5-7-11/h1-7,18H,8H2,(H,19,20). The summed E-state index contributed by atoms with van der Waals surface area (Å²) in [5, 5.41) is 20.5. The lowest BCUT2D eigenvalue weighted by Gasteiger charge is -2.11. The zero-order valence-corrected chi connectivity index (χ0v) is 10.4. The van der Waals surface area contributed by atoms with Crippen LogP contribution >= 0.6 is 0 Å². The highest BCUT2D eigenvalue weighted by molar-refractivity contribution is 5.75. The predicted molar refractivity (Wildman–Crippen MR) is 72.2 cm³/mol. The molecule has 0 bridgehead atoms. The molecule has 100 valence electrons. The van der Waals surface area contributed by atoms with Gasteiger partial charge in [0.15, 0.2) is 0 Å². The van der Waals surface area contributed by atoms with Crippen molar-refractivity contribution in [2.45, 2.75) is 6.42 Å². The molecule has 5 heteroatoms. The molecular formula is C15H11FN2O2. The van der Waals surface area contributed by atoms with E-state index in [4.69, 9.17) is 10.4 Å². The maximum absolute atomic E-state index is 13.7. The lowest BCUT2D eigenvalue weighted by atomic mass is 10.1. The van der Waals surface area contributed by atoms with Crippen molar-refractivity contribution in [3.05, 3.63) is 59.4 Å². The maximum atomic E-state index is 13.7. The largest absolute Gasteiger partial charge is 0.481 e. The molecule has 0 spiro atoms. The molecule has 4 nitrogen and oxygen atoms in total. The Labute approximate surface area is 115 Å². The van der Waals surface area contributed by atoms with E-state index in [1.165, 1.54) is 12.1 Å². The van der Waals surface area contributed by atoms with Crippen LogP contribution in [0.25, 0.3) is 0 Å². The van der Waals surface area contributed by atoms with Gasteiger partial charge >= 0.3 is 5.97 Å². The highest BCUT2D eigenvalue weighted by atomic mass is 19.1. The Bertz CT molecular complexity index is 675. The minimum absolute atomic E-state index is 0.101. The summed E-state index contributed by atoms with van der Waals surface area (Å²) in [5.41, 5.74) is 1.67. The molecule has 0 saturated carbocycles. The van der Waals surface area contributed by atoms with E-state index in [1.807, 2.05) is 6.07 Å². The van der Waals surface area contributed by atoms with Gasteiger partial charge < -0.3 is 10.4 Å². The number of nitriles is 1. The molecular weight excluding hydrogens is 259 g/mol. The summed E-state index contributed by atoms with van der Waals surface area (Å²) in [6.07, 6.45) is -0.398. The van der Waals surface area contributed by atoms with Crippen LogP contribution in [-0.2, 0) is 11.2 Å². The normalized spacial score (nSPS) is 9.80. The molecule has 20 heavy (non-hydrogen) atoms. The molecule has 0 aliphatic carbocycles. The zero-order valence-electron chi connectivity index (χ0n) is 10.4. The Hall–Kier alpha value is -2.87. The van der Waals surface area contributed by atoms with Crippen LogP contribution in [0.5, 0.6) is 0 Å². The van der Waals surface area contributed by atoms with Crippen LogP contribution in [0.1, 0.15) is 11.1 Å². The van der Waals surface area contributed by atoms with E-state index in [2.05, 4.69) is 5.32 Å². The summed E-state index contributed by atoms with van der Waals surface area (Å²) in [6.45, 7) is 0. The molecule has 0 amide bonds. The first-order valence-electron chi connectivity index (χ1n) is 5.86. The fraction of sp³-hybridized carbons (Fsp3) is 0.0667. The maximum Gasteiger partial charge on any atom is 0.308 e. The minimum atomic E-state index is -1.10. The summed E-state index contributed by atoms with van der Waals surface area (Å²) in [5.74, 6) is -1.66. The third kappa shape index (κ3) is 3.12. The molecule has 0 unspecified atom stereocenters. The van der Waals surface area contributed by atoms with Gasteiger partial charge in [0, 0.05) is 16.9 Å². The molecule has 0 aliphatic heterocycles. The molecule has 2 N–H and O–H groups in total. The van der Waals surface area contributed by atoms with Gasteiger partial charge in [-0.05, 0) is 36.4 Å². The molecule has 2 aromatic rings. The molecule has 0 saturated heterocycles. The average Bonchev–Trinajstić information content (AvgIpc) is 2.43. The number of rotatable bonds is 4. The van der Waals surface area contributed by atoms with Crippen molar-refractivity contribution < 1.29 is 14.3 Å². The highest BCUT2D eigenvalue weighted by Gasteiger charge is 2.12. The van der Waals surface area contributed by atoms with E-state index < -0.39 is 18.2 Å². The quantitative estimate of drug-likeness (QED) is 0.895. The molecule has 0 atom stereocenters. The van der Waals surface area contributed by atoms with E-state index >= 15 is 0 Å². The van der Waals surface area contributed by atoms with E-state index in [1.54, 1.807) is 30.3 Å². The summed E-state index contributed by atoms with van der Waals surface area (Å²) >= 11 is 0. The van der Waals surface area contributed by atoms with Crippen LogP contribution in [0.4, 0.5) is 15.8 Å². The fourth-order valence-corrected chi connectivity index (χ4v) is 1.79. The van der Waals surface area contributed by atoms with Gasteiger partial charge in [0.25, 0.3) is 0 Å². The number of hydrogen-bond donors (Lipinski definition) is 2. The van der Waals surface area contributed by atoms with Crippen LogP contribution in [0.3, 0.4) is 0 Å². The van der Waals surface area contributed by atoms with Crippen molar-refractivity contribution in [2.75, 3.05) is 5.32 Å². The van der Waals surface area contributed by atoms with Gasteiger partial charge in [0.1, 0.15) is 5.82 Å². The second-order valence-electron chi connectivity index (χ2n) is 4.15. The van der Waals surface area contributed by atoms with Crippen LogP contribution in [-0.4, -0.2) is 11.1 Å². The fourth-order valence-electron chi connectivity index (χ4n) is 1.79. The summed E-state index contributed by atoms with van der Waals surface area (Å²) in [7, 11) is 0. The Balaban J connectivity index is 2.30. The Morgan fingerprint density at radius 2 is 1.95 bits per heavy atom. The number of carboxylic acids is 1. The van der Waals surface area contributed by atoms with Crippen molar-refractivity contribution in [3.8, 4) is 6.07 Å². The van der Waals surface area contributed by atoms with E-state index in [-0.39, 0.29) is 5.56 Å². The minimum Gasteiger partial charge on any atom is -0.481 e. The van der Waals surface area contributed by atoms with Gasteiger partial charge in [-0.15, -0.1) is 0 Å². The van der Waals surface area contributed by atoms with Crippen LogP contribution in [0, 0.1) is 17.1 Å². The molecule has 0 fully saturated rings. The first-order chi connectivity index (χ1) is 9.60. The topological polar surface area (TPSA) is 73.1 Å². The number of hydrogen-bond acceptors (Lipinski definition) is 3. The number of carbonyl (C=O) groups is 1. The second-order valence-corrected chi connectivity index (χ2v) is 4.15. The van der Waals surface area contributed by atoms with Crippen LogP contribution < -0.4 is 5.32 Å². The summed E-state index contributed by atoms with van der Waals surface area (Å²) in [6, 6.07) is 12.9. The number of benzene rings is 2. The first-order valence-corrected chi connectivity index (χ1v) is 5.86. The van der Waals surface area contributed by atoms with Gasteiger partial charge in [-0.3, -0.25) is 4.79 Å². The van der Waals surface area contributed by atoms with E-state index in [0.717, 1.165) is 0 Å². The summed E-state index contributed by atoms with van der Waals surface area (Å²) < 4.78 is 13.7. The Morgan fingerprint density at radius 1 is 1.25 bits per heavy atom. The van der Waals surface area contributed by atoms with Crippen molar-refractivity contribution in [3.63, 3.8) is 0 Å². The van der Waals surface area contributed by atoms with E-state index in [0.29, 0.717) is 16.9 Å². The number of nitrogens with one attached hydrogen (secondary N) is 1. The lowest BCUT2D eigenvalue weighted by Crippen LogP contribution is -2.06. The Morgan fingerprint density at radius 3 is 2.55 bits per heavy atom. The van der Waals surface area contributed by atoms with Crippen molar-refractivity contribution in [1.29, 1.82) is 5.26 Å². The SMILES string of the molecule is N#Cc1ccc(Nc2cccc(F)c2CC(=O)O)cc1. The third-order valence-corrected chi connectivity index (χ3v) is 2.74.